The summed E-state index contributed by atoms with van der Waals surface area (Å²) in [5.41, 5.74) is 2.99. The number of hydrogen-bond donors (Lipinski definition) is 2. The average Bonchev–Trinajstić information content (AvgIpc) is 2.55. The van der Waals surface area contributed by atoms with E-state index in [9.17, 15) is 4.79 Å². The molecule has 6 heteroatoms. The minimum absolute atomic E-state index is 0.320. The molecule has 0 aliphatic heterocycles. The average molecular weight is 349 g/mol. The van der Waals surface area contributed by atoms with E-state index in [0.29, 0.717) is 29.6 Å². The van der Waals surface area contributed by atoms with Crippen LogP contribution in [-0.4, -0.2) is 26.3 Å². The molecular formula is C18H21ClN2O3. The van der Waals surface area contributed by atoms with Gasteiger partial charge in [-0.1, -0.05) is 17.7 Å². The number of urea groups is 1. The molecule has 0 bridgehead atoms. The van der Waals surface area contributed by atoms with Gasteiger partial charge in [0, 0.05) is 5.69 Å². The maximum Gasteiger partial charge on any atom is 0.319 e. The Bertz CT molecular complexity index is 719. The monoisotopic (exact) mass is 348 g/mol. The Labute approximate surface area is 146 Å². The largest absolute Gasteiger partial charge is 0.495 e. The molecule has 0 fully saturated rings. The highest BCUT2D eigenvalue weighted by atomic mass is 35.5. The van der Waals surface area contributed by atoms with Crippen molar-refractivity contribution in [2.75, 3.05) is 25.6 Å². The Balaban J connectivity index is 1.75. The van der Waals surface area contributed by atoms with Crippen molar-refractivity contribution in [3.05, 3.63) is 52.5 Å². The second-order valence-corrected chi connectivity index (χ2v) is 5.73. The molecule has 2 rings (SSSR count). The topological polar surface area (TPSA) is 59.6 Å². The number of methoxy groups -OCH3 is 1. The highest BCUT2D eigenvalue weighted by Crippen LogP contribution is 2.27. The van der Waals surface area contributed by atoms with Crippen LogP contribution in [0.25, 0.3) is 0 Å². The first-order chi connectivity index (χ1) is 11.5. The van der Waals surface area contributed by atoms with E-state index in [-0.39, 0.29) is 6.03 Å². The lowest BCUT2D eigenvalue weighted by atomic mass is 10.1. The van der Waals surface area contributed by atoms with Crippen molar-refractivity contribution in [2.24, 2.45) is 0 Å². The zero-order valence-electron chi connectivity index (χ0n) is 14.0. The summed E-state index contributed by atoms with van der Waals surface area (Å²) in [6.07, 6.45) is 0. The summed E-state index contributed by atoms with van der Waals surface area (Å²) in [7, 11) is 1.54. The number of ether oxygens (including phenoxy) is 2. The number of benzene rings is 2. The second-order valence-electron chi connectivity index (χ2n) is 5.32. The van der Waals surface area contributed by atoms with Crippen LogP contribution in [0.2, 0.25) is 5.02 Å². The third-order valence-electron chi connectivity index (χ3n) is 3.54. The second kappa shape index (κ2) is 8.45. The molecule has 2 N–H and O–H groups in total. The summed E-state index contributed by atoms with van der Waals surface area (Å²) in [6.45, 7) is 4.87. The van der Waals surface area contributed by atoms with Gasteiger partial charge in [-0.2, -0.15) is 0 Å². The molecule has 5 nitrogen and oxygen atoms in total. The van der Waals surface area contributed by atoms with Crippen molar-refractivity contribution in [3.63, 3.8) is 0 Å². The lowest BCUT2D eigenvalue weighted by Gasteiger charge is -2.11. The predicted octanol–water partition coefficient (Wildman–Crippen LogP) is 4.17. The zero-order chi connectivity index (χ0) is 17.5. The van der Waals surface area contributed by atoms with Gasteiger partial charge in [-0.15, -0.1) is 0 Å². The minimum Gasteiger partial charge on any atom is -0.495 e. The number of halogens is 1. The standard InChI is InChI=1S/C18H21ClN2O3/c1-12-4-6-15(10-13(12)2)24-9-8-20-18(22)21-14-5-7-17(23-3)16(19)11-14/h4-7,10-11H,8-9H2,1-3H3,(H2,20,21,22). The van der Waals surface area contributed by atoms with E-state index in [1.165, 1.54) is 18.2 Å². The van der Waals surface area contributed by atoms with Gasteiger partial charge < -0.3 is 20.1 Å². The Kier molecular flexibility index (Phi) is 6.32. The van der Waals surface area contributed by atoms with Crippen LogP contribution >= 0.6 is 11.6 Å². The van der Waals surface area contributed by atoms with Crippen molar-refractivity contribution < 1.29 is 14.3 Å². The van der Waals surface area contributed by atoms with Gasteiger partial charge in [0.15, 0.2) is 0 Å². The maximum atomic E-state index is 11.8. The summed E-state index contributed by atoms with van der Waals surface area (Å²) in [4.78, 5) is 11.8. The van der Waals surface area contributed by atoms with Crippen molar-refractivity contribution in [3.8, 4) is 11.5 Å². The van der Waals surface area contributed by atoms with Crippen LogP contribution in [0.3, 0.4) is 0 Å². The molecular weight excluding hydrogens is 328 g/mol. The Hall–Kier alpha value is -2.40. The first-order valence-electron chi connectivity index (χ1n) is 7.58. The first-order valence-corrected chi connectivity index (χ1v) is 7.96. The number of aryl methyl sites for hydroxylation is 2. The van der Waals surface area contributed by atoms with Crippen LogP contribution in [0.4, 0.5) is 10.5 Å². The van der Waals surface area contributed by atoms with Gasteiger partial charge >= 0.3 is 6.03 Å². The molecule has 0 radical (unpaired) electrons. The number of hydrogen-bond acceptors (Lipinski definition) is 3. The summed E-state index contributed by atoms with van der Waals surface area (Å²) in [5.74, 6) is 1.35. The third-order valence-corrected chi connectivity index (χ3v) is 3.84. The molecule has 0 aliphatic rings. The molecule has 2 aromatic rings. The zero-order valence-corrected chi connectivity index (χ0v) is 14.7. The van der Waals surface area contributed by atoms with Crippen LogP contribution in [-0.2, 0) is 0 Å². The maximum absolute atomic E-state index is 11.8. The van der Waals surface area contributed by atoms with Crippen LogP contribution in [0.15, 0.2) is 36.4 Å². The van der Waals surface area contributed by atoms with E-state index in [4.69, 9.17) is 21.1 Å². The Morgan fingerprint density at radius 3 is 2.58 bits per heavy atom. The van der Waals surface area contributed by atoms with E-state index in [0.717, 1.165) is 5.75 Å². The molecule has 2 amide bonds. The van der Waals surface area contributed by atoms with E-state index in [1.54, 1.807) is 18.2 Å². The molecule has 0 unspecified atom stereocenters. The van der Waals surface area contributed by atoms with Crippen LogP contribution in [0.1, 0.15) is 11.1 Å². The fourth-order valence-corrected chi connectivity index (χ4v) is 2.31. The fourth-order valence-electron chi connectivity index (χ4n) is 2.06. The van der Waals surface area contributed by atoms with Crippen LogP contribution < -0.4 is 20.1 Å². The molecule has 128 valence electrons. The van der Waals surface area contributed by atoms with Crippen molar-refractivity contribution in [1.29, 1.82) is 0 Å². The van der Waals surface area contributed by atoms with Crippen LogP contribution in [0, 0.1) is 13.8 Å². The minimum atomic E-state index is -0.320. The molecule has 0 aliphatic carbocycles. The SMILES string of the molecule is COc1ccc(NC(=O)NCCOc2ccc(C)c(C)c2)cc1Cl. The van der Waals surface area contributed by atoms with E-state index in [1.807, 2.05) is 25.1 Å². The molecule has 0 atom stereocenters. The van der Waals surface area contributed by atoms with Gasteiger partial charge in [0.1, 0.15) is 18.1 Å². The third kappa shape index (κ3) is 5.06. The van der Waals surface area contributed by atoms with Gasteiger partial charge in [-0.3, -0.25) is 0 Å². The van der Waals surface area contributed by atoms with Gasteiger partial charge in [-0.05, 0) is 55.3 Å². The molecule has 2 aromatic carbocycles. The number of anilines is 1. The van der Waals surface area contributed by atoms with Crippen molar-refractivity contribution >= 4 is 23.3 Å². The van der Waals surface area contributed by atoms with Crippen molar-refractivity contribution in [1.82, 2.24) is 5.32 Å². The normalized spacial score (nSPS) is 10.2. The van der Waals surface area contributed by atoms with Gasteiger partial charge in [0.2, 0.25) is 0 Å². The molecule has 0 saturated heterocycles. The molecule has 24 heavy (non-hydrogen) atoms. The van der Waals surface area contributed by atoms with Gasteiger partial charge in [0.25, 0.3) is 0 Å². The predicted molar refractivity (Wildman–Crippen MR) is 96.4 cm³/mol. The number of nitrogens with one attached hydrogen (secondary N) is 2. The Morgan fingerprint density at radius 1 is 1.12 bits per heavy atom. The highest BCUT2D eigenvalue weighted by molar-refractivity contribution is 6.32. The number of rotatable bonds is 6. The Morgan fingerprint density at radius 2 is 1.92 bits per heavy atom. The smallest absolute Gasteiger partial charge is 0.319 e. The van der Waals surface area contributed by atoms with Gasteiger partial charge in [0.05, 0.1) is 18.7 Å². The fraction of sp³-hybridized carbons (Fsp3) is 0.278. The van der Waals surface area contributed by atoms with Crippen LogP contribution in [0.5, 0.6) is 11.5 Å². The quantitative estimate of drug-likeness (QED) is 0.770. The molecule has 0 spiro atoms. The number of carbonyl (C=O) groups excluding carboxylic acids is 1. The first kappa shape index (κ1) is 17.9. The highest BCUT2D eigenvalue weighted by Gasteiger charge is 2.05. The lowest BCUT2D eigenvalue weighted by Crippen LogP contribution is -2.32. The number of amides is 2. The van der Waals surface area contributed by atoms with E-state index in [2.05, 4.69) is 17.6 Å². The van der Waals surface area contributed by atoms with Gasteiger partial charge in [-0.25, -0.2) is 4.79 Å². The summed E-state index contributed by atoms with van der Waals surface area (Å²) < 4.78 is 10.7. The summed E-state index contributed by atoms with van der Waals surface area (Å²) in [5, 5.41) is 5.87. The lowest BCUT2D eigenvalue weighted by molar-refractivity contribution is 0.247. The molecule has 0 heterocycles. The van der Waals surface area contributed by atoms with Crippen molar-refractivity contribution in [2.45, 2.75) is 13.8 Å². The van der Waals surface area contributed by atoms with E-state index >= 15 is 0 Å². The van der Waals surface area contributed by atoms with E-state index < -0.39 is 0 Å². The molecule has 0 saturated carbocycles. The number of carbonyl (C=O) groups is 1. The summed E-state index contributed by atoms with van der Waals surface area (Å²) in [6, 6.07) is 10.6. The molecule has 0 aromatic heterocycles. The summed E-state index contributed by atoms with van der Waals surface area (Å²) >= 11 is 6.01.